The maximum atomic E-state index is 12.3. The van der Waals surface area contributed by atoms with Crippen molar-refractivity contribution in [3.63, 3.8) is 0 Å². The minimum absolute atomic E-state index is 0.0590. The molecule has 2 aromatic rings. The molecule has 0 amide bonds. The number of hydrogen-bond acceptors (Lipinski definition) is 6. The van der Waals surface area contributed by atoms with Crippen molar-refractivity contribution in [3.05, 3.63) is 46.0 Å². The van der Waals surface area contributed by atoms with Crippen molar-refractivity contribution in [2.45, 2.75) is 12.0 Å². The minimum Gasteiger partial charge on any atom is -0.462 e. The zero-order valence-electron chi connectivity index (χ0n) is 11.3. The molecule has 2 rings (SSSR count). The van der Waals surface area contributed by atoms with Crippen LogP contribution in [0.25, 0.3) is 0 Å². The second-order valence-electron chi connectivity index (χ2n) is 4.44. The summed E-state index contributed by atoms with van der Waals surface area (Å²) >= 11 is 15.9. The first-order valence-electron chi connectivity index (χ1n) is 6.28. The number of thiol groups is 1. The van der Waals surface area contributed by atoms with Crippen molar-refractivity contribution in [2.24, 2.45) is 0 Å². The molecular formula is C13H13Cl2N3O3S. The van der Waals surface area contributed by atoms with Gasteiger partial charge in [-0.15, -0.1) is 0 Å². The Morgan fingerprint density at radius 2 is 2.23 bits per heavy atom. The smallest absolute Gasteiger partial charge is 0.343 e. The van der Waals surface area contributed by atoms with Crippen molar-refractivity contribution in [3.8, 4) is 0 Å². The van der Waals surface area contributed by atoms with Crippen LogP contribution >= 0.6 is 35.8 Å². The number of nitrogens with zero attached hydrogens (tertiary/aromatic N) is 2. The number of rotatable bonds is 6. The number of carbonyl (C=O) groups is 1. The molecule has 1 unspecified atom stereocenters. The van der Waals surface area contributed by atoms with Crippen LogP contribution in [0.15, 0.2) is 24.5 Å². The molecule has 9 heteroatoms. The highest BCUT2D eigenvalue weighted by Crippen LogP contribution is 2.33. The summed E-state index contributed by atoms with van der Waals surface area (Å²) in [4.78, 5) is 16.2. The summed E-state index contributed by atoms with van der Waals surface area (Å²) in [6.07, 6.45) is 1.15. The Morgan fingerprint density at radius 3 is 2.82 bits per heavy atom. The molecule has 0 spiro atoms. The summed E-state index contributed by atoms with van der Waals surface area (Å²) in [6, 6.07) is 4.43. The largest absolute Gasteiger partial charge is 0.462 e. The van der Waals surface area contributed by atoms with E-state index in [9.17, 15) is 9.90 Å². The van der Waals surface area contributed by atoms with Crippen molar-refractivity contribution in [1.29, 1.82) is 0 Å². The number of carbonyl (C=O) groups excluding carboxylic acids is 1. The van der Waals surface area contributed by atoms with Gasteiger partial charge in [0.25, 0.3) is 0 Å². The average molecular weight is 362 g/mol. The molecule has 0 aliphatic rings. The SMILES string of the molecule is O=C(OCCS)C(O)(Cc1nc[nH]n1)c1ccc(Cl)cc1Cl. The third-order valence-corrected chi connectivity index (χ3v) is 3.65. The Kier molecular flexibility index (Phi) is 5.69. The number of benzene rings is 1. The van der Waals surface area contributed by atoms with E-state index in [4.69, 9.17) is 27.9 Å². The molecule has 0 aliphatic heterocycles. The molecule has 1 heterocycles. The van der Waals surface area contributed by atoms with Gasteiger partial charge in [-0.2, -0.15) is 17.7 Å². The molecule has 2 N–H and O–H groups in total. The summed E-state index contributed by atoms with van der Waals surface area (Å²) < 4.78 is 5.02. The van der Waals surface area contributed by atoms with Gasteiger partial charge < -0.3 is 9.84 Å². The van der Waals surface area contributed by atoms with Crippen LogP contribution in [0.5, 0.6) is 0 Å². The standard InChI is InChI=1S/C13H13Cl2N3O3S/c14-8-1-2-9(10(15)5-8)13(20,12(19)21-3-4-22)6-11-16-7-17-18-11/h1-2,5,7,20,22H,3-4,6H2,(H,16,17,18). The highest BCUT2D eigenvalue weighted by molar-refractivity contribution is 7.80. The van der Waals surface area contributed by atoms with E-state index in [2.05, 4.69) is 27.8 Å². The van der Waals surface area contributed by atoms with Crippen LogP contribution < -0.4 is 0 Å². The summed E-state index contributed by atoms with van der Waals surface area (Å²) in [5, 5.41) is 17.8. The topological polar surface area (TPSA) is 88.1 Å². The first-order valence-corrected chi connectivity index (χ1v) is 7.67. The highest BCUT2D eigenvalue weighted by atomic mass is 35.5. The summed E-state index contributed by atoms with van der Waals surface area (Å²) in [5.74, 6) is -0.275. The normalized spacial score (nSPS) is 13.6. The van der Waals surface area contributed by atoms with Crippen LogP contribution in [-0.4, -0.2) is 38.6 Å². The maximum Gasteiger partial charge on any atom is 0.343 e. The molecular weight excluding hydrogens is 349 g/mol. The Bertz CT molecular complexity index is 654. The summed E-state index contributed by atoms with van der Waals surface area (Å²) in [7, 11) is 0. The predicted octanol–water partition coefficient (Wildman–Crippen LogP) is 2.01. The number of aliphatic hydroxyl groups is 1. The van der Waals surface area contributed by atoms with Gasteiger partial charge in [-0.25, -0.2) is 9.78 Å². The molecule has 22 heavy (non-hydrogen) atoms. The zero-order chi connectivity index (χ0) is 16.2. The van der Waals surface area contributed by atoms with Crippen LogP contribution in [0.2, 0.25) is 10.0 Å². The van der Waals surface area contributed by atoms with Gasteiger partial charge in [0, 0.05) is 21.4 Å². The van der Waals surface area contributed by atoms with Crippen molar-refractivity contribution >= 4 is 41.8 Å². The van der Waals surface area contributed by atoms with Gasteiger partial charge in [0.1, 0.15) is 12.9 Å². The fraction of sp³-hybridized carbons (Fsp3) is 0.308. The molecule has 0 bridgehead atoms. The quantitative estimate of drug-likeness (QED) is 0.541. The van der Waals surface area contributed by atoms with E-state index in [-0.39, 0.29) is 29.4 Å². The number of nitrogens with one attached hydrogen (secondary N) is 1. The van der Waals surface area contributed by atoms with Gasteiger partial charge in [-0.1, -0.05) is 29.3 Å². The van der Waals surface area contributed by atoms with Crippen molar-refractivity contribution in [2.75, 3.05) is 12.4 Å². The van der Waals surface area contributed by atoms with E-state index >= 15 is 0 Å². The van der Waals surface area contributed by atoms with E-state index in [1.165, 1.54) is 24.5 Å². The maximum absolute atomic E-state index is 12.3. The van der Waals surface area contributed by atoms with Crippen LogP contribution in [0, 0.1) is 0 Å². The second kappa shape index (κ2) is 7.32. The molecule has 118 valence electrons. The second-order valence-corrected chi connectivity index (χ2v) is 5.73. The molecule has 0 radical (unpaired) electrons. The molecule has 0 saturated carbocycles. The molecule has 0 fully saturated rings. The van der Waals surface area contributed by atoms with Crippen LogP contribution in [0.4, 0.5) is 0 Å². The lowest BCUT2D eigenvalue weighted by Crippen LogP contribution is -2.40. The van der Waals surface area contributed by atoms with Gasteiger partial charge in [0.2, 0.25) is 0 Å². The Balaban J connectivity index is 2.41. The first-order chi connectivity index (χ1) is 10.5. The Labute approximate surface area is 142 Å². The predicted molar refractivity (Wildman–Crippen MR) is 85.3 cm³/mol. The molecule has 0 aliphatic carbocycles. The summed E-state index contributed by atoms with van der Waals surface area (Å²) in [6.45, 7) is 0.0590. The monoisotopic (exact) mass is 361 g/mol. The van der Waals surface area contributed by atoms with E-state index < -0.39 is 11.6 Å². The minimum atomic E-state index is -2.02. The Morgan fingerprint density at radius 1 is 1.45 bits per heavy atom. The average Bonchev–Trinajstić information content (AvgIpc) is 2.97. The third kappa shape index (κ3) is 3.73. The van der Waals surface area contributed by atoms with Crippen LogP contribution in [0.1, 0.15) is 11.4 Å². The van der Waals surface area contributed by atoms with Gasteiger partial charge in [0.15, 0.2) is 11.4 Å². The number of halogens is 2. The van der Waals surface area contributed by atoms with E-state index in [1.807, 2.05) is 0 Å². The lowest BCUT2D eigenvalue weighted by atomic mass is 9.90. The van der Waals surface area contributed by atoms with Crippen molar-refractivity contribution in [1.82, 2.24) is 15.2 Å². The van der Waals surface area contributed by atoms with E-state index in [0.717, 1.165) is 0 Å². The van der Waals surface area contributed by atoms with Gasteiger partial charge in [-0.05, 0) is 12.1 Å². The third-order valence-electron chi connectivity index (χ3n) is 2.92. The number of aromatic amines is 1. The molecule has 6 nitrogen and oxygen atoms in total. The molecule has 0 saturated heterocycles. The van der Waals surface area contributed by atoms with Crippen molar-refractivity contribution < 1.29 is 14.6 Å². The number of esters is 1. The van der Waals surface area contributed by atoms with Gasteiger partial charge >= 0.3 is 5.97 Å². The molecule has 1 aromatic carbocycles. The van der Waals surface area contributed by atoms with Crippen LogP contribution in [-0.2, 0) is 21.6 Å². The number of aromatic nitrogens is 3. The number of H-pyrrole nitrogens is 1. The molecule has 1 aromatic heterocycles. The fourth-order valence-electron chi connectivity index (χ4n) is 1.91. The number of ether oxygens (including phenoxy) is 1. The lowest BCUT2D eigenvalue weighted by molar-refractivity contribution is -0.166. The molecule has 1 atom stereocenters. The fourth-order valence-corrected chi connectivity index (χ4v) is 2.57. The lowest BCUT2D eigenvalue weighted by Gasteiger charge is -2.26. The van der Waals surface area contributed by atoms with E-state index in [1.54, 1.807) is 0 Å². The Hall–Kier alpha value is -1.28. The van der Waals surface area contributed by atoms with Gasteiger partial charge in [0.05, 0.1) is 6.42 Å². The highest BCUT2D eigenvalue weighted by Gasteiger charge is 2.42. The zero-order valence-corrected chi connectivity index (χ0v) is 13.7. The summed E-state index contributed by atoms with van der Waals surface area (Å²) in [5.41, 5.74) is -1.85. The first kappa shape index (κ1) is 17.1. The number of hydrogen-bond donors (Lipinski definition) is 3. The van der Waals surface area contributed by atoms with Gasteiger partial charge in [-0.3, -0.25) is 5.10 Å². The van der Waals surface area contributed by atoms with E-state index in [0.29, 0.717) is 10.8 Å². The van der Waals surface area contributed by atoms with Crippen LogP contribution in [0.3, 0.4) is 0 Å².